The molecule has 27 heavy (non-hydrogen) atoms. The molecule has 0 radical (unpaired) electrons. The molecule has 0 spiro atoms. The molecule has 1 amide bonds. The second-order valence-corrected chi connectivity index (χ2v) is 6.21. The lowest BCUT2D eigenvalue weighted by Crippen LogP contribution is -2.25. The van der Waals surface area contributed by atoms with Crippen LogP contribution in [-0.2, 0) is 13.1 Å². The van der Waals surface area contributed by atoms with E-state index in [1.54, 1.807) is 30.5 Å². The monoisotopic (exact) mass is 363 g/mol. The lowest BCUT2D eigenvalue weighted by atomic mass is 10.2. The van der Waals surface area contributed by atoms with E-state index in [1.807, 2.05) is 18.2 Å². The molecule has 3 rings (SSSR count). The Morgan fingerprint density at radius 1 is 1.04 bits per heavy atom. The highest BCUT2D eigenvalue weighted by atomic mass is 19.1. The van der Waals surface area contributed by atoms with Crippen molar-refractivity contribution < 1.29 is 9.18 Å². The lowest BCUT2D eigenvalue weighted by molar-refractivity contribution is 0.0951. The zero-order valence-corrected chi connectivity index (χ0v) is 15.2. The fourth-order valence-corrected chi connectivity index (χ4v) is 2.78. The minimum atomic E-state index is -0.290. The van der Waals surface area contributed by atoms with Crippen LogP contribution in [0.25, 0.3) is 0 Å². The number of nitrogens with zero attached hydrogens (tertiary/aromatic N) is 2. The molecular weight excluding hydrogens is 341 g/mol. The van der Waals surface area contributed by atoms with E-state index in [-0.39, 0.29) is 11.7 Å². The average molecular weight is 363 g/mol. The molecule has 1 heterocycles. The van der Waals surface area contributed by atoms with Gasteiger partial charge in [0, 0.05) is 31.4 Å². The summed E-state index contributed by atoms with van der Waals surface area (Å²) < 4.78 is 13.0. The predicted molar refractivity (Wildman–Crippen MR) is 105 cm³/mol. The van der Waals surface area contributed by atoms with E-state index in [0.717, 1.165) is 24.5 Å². The molecule has 0 unspecified atom stereocenters. The highest BCUT2D eigenvalue weighted by molar-refractivity contribution is 5.94. The van der Waals surface area contributed by atoms with Gasteiger partial charge >= 0.3 is 0 Å². The van der Waals surface area contributed by atoms with Crippen LogP contribution in [0, 0.1) is 5.82 Å². The molecule has 0 aliphatic rings. The quantitative estimate of drug-likeness (QED) is 0.685. The normalized spacial score (nSPS) is 10.4. The Hall–Kier alpha value is -3.21. The maximum absolute atomic E-state index is 13.0. The van der Waals surface area contributed by atoms with E-state index in [1.165, 1.54) is 17.7 Å². The van der Waals surface area contributed by atoms with Gasteiger partial charge in [-0.1, -0.05) is 42.5 Å². The number of aromatic nitrogens is 1. The van der Waals surface area contributed by atoms with Crippen molar-refractivity contribution in [1.29, 1.82) is 0 Å². The standard InChI is InChI=1S/C22H22FN3O/c1-2-26(16-18-6-4-3-5-7-18)21-14-19(12-13-24-21)22(27)25-15-17-8-10-20(23)11-9-17/h3-14H,2,15-16H2,1H3,(H,25,27). The molecule has 1 N–H and O–H groups in total. The van der Waals surface area contributed by atoms with Crippen molar-refractivity contribution in [2.75, 3.05) is 11.4 Å². The number of pyridine rings is 1. The van der Waals surface area contributed by atoms with Crippen LogP contribution in [0.4, 0.5) is 10.2 Å². The number of amides is 1. The van der Waals surface area contributed by atoms with Crippen molar-refractivity contribution in [3.63, 3.8) is 0 Å². The van der Waals surface area contributed by atoms with Gasteiger partial charge in [-0.2, -0.15) is 0 Å². The molecule has 2 aromatic carbocycles. The van der Waals surface area contributed by atoms with Crippen molar-refractivity contribution in [3.8, 4) is 0 Å². The van der Waals surface area contributed by atoms with Crippen LogP contribution in [0.15, 0.2) is 72.9 Å². The predicted octanol–water partition coefficient (Wildman–Crippen LogP) is 4.18. The molecule has 0 bridgehead atoms. The Bertz CT molecular complexity index is 882. The molecule has 3 aromatic rings. The third-order valence-electron chi connectivity index (χ3n) is 4.30. The van der Waals surface area contributed by atoms with Crippen molar-refractivity contribution in [2.24, 2.45) is 0 Å². The summed E-state index contributed by atoms with van der Waals surface area (Å²) in [5.74, 6) is 0.288. The van der Waals surface area contributed by atoms with Crippen molar-refractivity contribution >= 4 is 11.7 Å². The summed E-state index contributed by atoms with van der Waals surface area (Å²) in [6.45, 7) is 3.91. The van der Waals surface area contributed by atoms with Crippen molar-refractivity contribution in [3.05, 3.63) is 95.4 Å². The van der Waals surface area contributed by atoms with Gasteiger partial charge in [0.2, 0.25) is 0 Å². The number of hydrogen-bond donors (Lipinski definition) is 1. The largest absolute Gasteiger partial charge is 0.353 e. The van der Waals surface area contributed by atoms with E-state index in [9.17, 15) is 9.18 Å². The van der Waals surface area contributed by atoms with Gasteiger partial charge in [-0.25, -0.2) is 9.37 Å². The van der Waals surface area contributed by atoms with Gasteiger partial charge in [-0.15, -0.1) is 0 Å². The first-order chi connectivity index (χ1) is 13.2. The second kappa shape index (κ2) is 8.94. The highest BCUT2D eigenvalue weighted by Crippen LogP contribution is 2.16. The summed E-state index contributed by atoms with van der Waals surface area (Å²) in [4.78, 5) is 19.0. The van der Waals surface area contributed by atoms with Crippen LogP contribution in [0.1, 0.15) is 28.4 Å². The summed E-state index contributed by atoms with van der Waals surface area (Å²) in [5.41, 5.74) is 2.58. The average Bonchev–Trinajstić information content (AvgIpc) is 2.72. The van der Waals surface area contributed by atoms with Gasteiger partial charge in [0.05, 0.1) is 0 Å². The molecule has 0 saturated heterocycles. The van der Waals surface area contributed by atoms with Crippen molar-refractivity contribution in [1.82, 2.24) is 10.3 Å². The molecule has 0 saturated carbocycles. The molecule has 0 atom stereocenters. The Balaban J connectivity index is 1.67. The summed E-state index contributed by atoms with van der Waals surface area (Å²) in [6, 6.07) is 19.7. The first kappa shape index (κ1) is 18.6. The molecule has 0 fully saturated rings. The molecule has 4 nitrogen and oxygen atoms in total. The topological polar surface area (TPSA) is 45.2 Å². The first-order valence-electron chi connectivity index (χ1n) is 8.93. The maximum atomic E-state index is 13.0. The number of hydrogen-bond acceptors (Lipinski definition) is 3. The molecule has 1 aromatic heterocycles. The third kappa shape index (κ3) is 5.14. The highest BCUT2D eigenvalue weighted by Gasteiger charge is 2.11. The van der Waals surface area contributed by atoms with Gasteiger partial charge in [0.25, 0.3) is 5.91 Å². The lowest BCUT2D eigenvalue weighted by Gasteiger charge is -2.22. The van der Waals surface area contributed by atoms with Crippen LogP contribution >= 0.6 is 0 Å². The number of anilines is 1. The van der Waals surface area contributed by atoms with Gasteiger partial charge in [0.15, 0.2) is 0 Å². The number of carbonyl (C=O) groups is 1. The van der Waals surface area contributed by atoms with Gasteiger partial charge in [0.1, 0.15) is 11.6 Å². The Morgan fingerprint density at radius 3 is 2.48 bits per heavy atom. The summed E-state index contributed by atoms with van der Waals surface area (Å²) in [5, 5.41) is 2.86. The fraction of sp³-hybridized carbons (Fsp3) is 0.182. The zero-order valence-electron chi connectivity index (χ0n) is 15.2. The molecular formula is C22H22FN3O. The smallest absolute Gasteiger partial charge is 0.251 e. The summed E-state index contributed by atoms with van der Waals surface area (Å²) in [6.07, 6.45) is 1.65. The van der Waals surface area contributed by atoms with E-state index < -0.39 is 0 Å². The van der Waals surface area contributed by atoms with Crippen molar-refractivity contribution in [2.45, 2.75) is 20.0 Å². The SMILES string of the molecule is CCN(Cc1ccccc1)c1cc(C(=O)NCc2ccc(F)cc2)ccn1. The van der Waals surface area contributed by atoms with E-state index >= 15 is 0 Å². The van der Waals surface area contributed by atoms with E-state index in [0.29, 0.717) is 12.1 Å². The molecule has 0 aliphatic heterocycles. The minimum Gasteiger partial charge on any atom is -0.353 e. The first-order valence-corrected chi connectivity index (χ1v) is 8.93. The fourth-order valence-electron chi connectivity index (χ4n) is 2.78. The number of rotatable bonds is 7. The maximum Gasteiger partial charge on any atom is 0.251 e. The van der Waals surface area contributed by atoms with E-state index in [4.69, 9.17) is 0 Å². The van der Waals surface area contributed by atoms with Gasteiger partial charge in [-0.05, 0) is 42.3 Å². The number of halogens is 1. The Kier molecular flexibility index (Phi) is 6.15. The second-order valence-electron chi connectivity index (χ2n) is 6.21. The van der Waals surface area contributed by atoms with Gasteiger partial charge in [-0.3, -0.25) is 4.79 Å². The zero-order chi connectivity index (χ0) is 19.1. The summed E-state index contributed by atoms with van der Waals surface area (Å²) >= 11 is 0. The number of carbonyl (C=O) groups excluding carboxylic acids is 1. The van der Waals surface area contributed by atoms with Crippen LogP contribution in [0.2, 0.25) is 0 Å². The van der Waals surface area contributed by atoms with Crippen LogP contribution in [0.3, 0.4) is 0 Å². The molecule has 5 heteroatoms. The van der Waals surface area contributed by atoms with Crippen LogP contribution in [-0.4, -0.2) is 17.4 Å². The minimum absolute atomic E-state index is 0.182. The third-order valence-corrected chi connectivity index (χ3v) is 4.30. The van der Waals surface area contributed by atoms with Crippen LogP contribution in [0.5, 0.6) is 0 Å². The van der Waals surface area contributed by atoms with Gasteiger partial charge < -0.3 is 10.2 Å². The number of benzene rings is 2. The van der Waals surface area contributed by atoms with E-state index in [2.05, 4.69) is 34.3 Å². The van der Waals surface area contributed by atoms with Crippen LogP contribution < -0.4 is 10.2 Å². The molecule has 0 aliphatic carbocycles. The number of nitrogens with one attached hydrogen (secondary N) is 1. The Morgan fingerprint density at radius 2 is 1.78 bits per heavy atom. The molecule has 138 valence electrons. The Labute approximate surface area is 158 Å². The summed E-state index contributed by atoms with van der Waals surface area (Å²) in [7, 11) is 0.